The quantitative estimate of drug-likeness (QED) is 0.922. The molecule has 0 spiro atoms. The SMILES string of the molecule is O=C(Nc1nsc(C2CC2)n1)C1C[C@H]2CC[C@@H](C1)O2. The molecule has 2 saturated heterocycles. The summed E-state index contributed by atoms with van der Waals surface area (Å²) in [4.78, 5) is 16.6. The molecule has 1 amide bonds. The van der Waals surface area contributed by atoms with Gasteiger partial charge in [0.05, 0.1) is 12.2 Å². The first kappa shape index (κ1) is 11.8. The number of aromatic nitrogens is 2. The molecule has 1 aromatic rings. The number of nitrogens with zero attached hydrogens (tertiary/aromatic N) is 2. The van der Waals surface area contributed by atoms with E-state index in [0.29, 0.717) is 24.1 Å². The lowest BCUT2D eigenvalue weighted by molar-refractivity contribution is -0.125. The number of anilines is 1. The van der Waals surface area contributed by atoms with Crippen molar-refractivity contribution >= 4 is 23.4 Å². The van der Waals surface area contributed by atoms with Gasteiger partial charge in [0.1, 0.15) is 5.01 Å². The maximum absolute atomic E-state index is 12.2. The molecule has 3 fully saturated rings. The predicted molar refractivity (Wildman–Crippen MR) is 71.1 cm³/mol. The van der Waals surface area contributed by atoms with E-state index in [1.54, 1.807) is 0 Å². The van der Waals surface area contributed by atoms with Crippen LogP contribution in [0.3, 0.4) is 0 Å². The molecule has 2 aliphatic heterocycles. The van der Waals surface area contributed by atoms with Gasteiger partial charge in [-0.3, -0.25) is 10.1 Å². The second kappa shape index (κ2) is 4.52. The minimum atomic E-state index is 0.0686. The standard InChI is InChI=1S/C13H17N3O2S/c17-11(8-5-9-3-4-10(6-8)18-9)14-13-15-12(19-16-13)7-1-2-7/h7-10H,1-6H2,(H,14,16,17)/t8?,9-,10+. The Bertz CT molecular complexity index is 488. The average Bonchev–Trinajstić information content (AvgIpc) is 3.08. The van der Waals surface area contributed by atoms with E-state index in [4.69, 9.17) is 4.74 Å². The molecule has 0 radical (unpaired) electrons. The number of hydrogen-bond acceptors (Lipinski definition) is 5. The summed E-state index contributed by atoms with van der Waals surface area (Å²) in [6.07, 6.45) is 6.92. The fourth-order valence-electron chi connectivity index (χ4n) is 3.07. The van der Waals surface area contributed by atoms with Gasteiger partial charge in [-0.05, 0) is 50.1 Å². The van der Waals surface area contributed by atoms with Gasteiger partial charge >= 0.3 is 0 Å². The van der Waals surface area contributed by atoms with E-state index in [-0.39, 0.29) is 11.8 Å². The number of nitrogens with one attached hydrogen (secondary N) is 1. The summed E-state index contributed by atoms with van der Waals surface area (Å²) >= 11 is 1.42. The van der Waals surface area contributed by atoms with Gasteiger partial charge in [0.25, 0.3) is 0 Å². The fourth-order valence-corrected chi connectivity index (χ4v) is 3.84. The van der Waals surface area contributed by atoms with Crippen LogP contribution in [0.4, 0.5) is 5.95 Å². The van der Waals surface area contributed by atoms with Gasteiger partial charge in [0.15, 0.2) is 0 Å². The van der Waals surface area contributed by atoms with Crippen molar-refractivity contribution in [2.75, 3.05) is 5.32 Å². The van der Waals surface area contributed by atoms with Gasteiger partial charge in [-0.15, -0.1) is 0 Å². The van der Waals surface area contributed by atoms with E-state index < -0.39 is 0 Å². The van der Waals surface area contributed by atoms with Crippen molar-refractivity contribution < 1.29 is 9.53 Å². The van der Waals surface area contributed by atoms with Gasteiger partial charge in [0.2, 0.25) is 11.9 Å². The summed E-state index contributed by atoms with van der Waals surface area (Å²) in [6, 6.07) is 0. The normalized spacial score (nSPS) is 33.4. The van der Waals surface area contributed by atoms with Crippen molar-refractivity contribution in [3.63, 3.8) is 0 Å². The Morgan fingerprint density at radius 1 is 1.21 bits per heavy atom. The number of carbonyl (C=O) groups is 1. The second-order valence-electron chi connectivity index (χ2n) is 5.85. The van der Waals surface area contributed by atoms with Crippen molar-refractivity contribution in [1.29, 1.82) is 0 Å². The zero-order valence-electron chi connectivity index (χ0n) is 10.7. The second-order valence-corrected chi connectivity index (χ2v) is 6.63. The monoisotopic (exact) mass is 279 g/mol. The highest BCUT2D eigenvalue weighted by atomic mass is 32.1. The van der Waals surface area contributed by atoms with E-state index in [0.717, 1.165) is 30.7 Å². The molecular weight excluding hydrogens is 262 g/mol. The highest BCUT2D eigenvalue weighted by Gasteiger charge is 2.38. The molecule has 5 nitrogen and oxygen atoms in total. The van der Waals surface area contributed by atoms with E-state index in [2.05, 4.69) is 14.7 Å². The molecule has 0 aromatic carbocycles. The van der Waals surface area contributed by atoms with Crippen LogP contribution in [-0.2, 0) is 9.53 Å². The predicted octanol–water partition coefficient (Wildman–Crippen LogP) is 2.31. The van der Waals surface area contributed by atoms with Crippen LogP contribution in [0.2, 0.25) is 0 Å². The van der Waals surface area contributed by atoms with Gasteiger partial charge in [-0.2, -0.15) is 4.37 Å². The molecule has 2 bridgehead atoms. The summed E-state index contributed by atoms with van der Waals surface area (Å²) in [5.74, 6) is 1.23. The number of carbonyl (C=O) groups excluding carboxylic acids is 1. The smallest absolute Gasteiger partial charge is 0.241 e. The van der Waals surface area contributed by atoms with Crippen molar-refractivity contribution in [3.8, 4) is 0 Å². The lowest BCUT2D eigenvalue weighted by atomic mass is 9.95. The van der Waals surface area contributed by atoms with Crippen LogP contribution in [0.5, 0.6) is 0 Å². The summed E-state index contributed by atoms with van der Waals surface area (Å²) in [5.41, 5.74) is 0. The first-order valence-corrected chi connectivity index (χ1v) is 7.85. The summed E-state index contributed by atoms with van der Waals surface area (Å²) in [5, 5.41) is 3.95. The Labute approximate surface area is 115 Å². The van der Waals surface area contributed by atoms with Gasteiger partial charge in [-0.1, -0.05) is 0 Å². The lowest BCUT2D eigenvalue weighted by Gasteiger charge is -2.26. The van der Waals surface area contributed by atoms with Gasteiger partial charge in [-0.25, -0.2) is 4.98 Å². The maximum Gasteiger partial charge on any atom is 0.241 e. The molecule has 1 aliphatic carbocycles. The van der Waals surface area contributed by atoms with Crippen LogP contribution < -0.4 is 5.32 Å². The summed E-state index contributed by atoms with van der Waals surface area (Å²) < 4.78 is 10.00. The summed E-state index contributed by atoms with van der Waals surface area (Å²) in [7, 11) is 0. The number of fused-ring (bicyclic) bond motifs is 2. The van der Waals surface area contributed by atoms with Crippen LogP contribution >= 0.6 is 11.5 Å². The van der Waals surface area contributed by atoms with Crippen LogP contribution in [0.25, 0.3) is 0 Å². The molecule has 4 rings (SSSR count). The minimum absolute atomic E-state index is 0.0686. The number of amides is 1. The van der Waals surface area contributed by atoms with Crippen molar-refractivity contribution in [2.24, 2.45) is 5.92 Å². The third kappa shape index (κ3) is 2.39. The Morgan fingerprint density at radius 2 is 1.95 bits per heavy atom. The highest BCUT2D eigenvalue weighted by Crippen LogP contribution is 2.41. The Balaban J connectivity index is 1.39. The van der Waals surface area contributed by atoms with Crippen molar-refractivity contribution in [3.05, 3.63) is 5.01 Å². The summed E-state index contributed by atoms with van der Waals surface area (Å²) in [6.45, 7) is 0. The molecule has 1 aromatic heterocycles. The molecule has 3 heterocycles. The third-order valence-corrected chi connectivity index (χ3v) is 5.14. The van der Waals surface area contributed by atoms with Gasteiger partial charge in [0, 0.05) is 11.8 Å². The fraction of sp³-hybridized carbons (Fsp3) is 0.769. The average molecular weight is 279 g/mol. The number of ether oxygens (including phenoxy) is 1. The van der Waals surface area contributed by atoms with Crippen molar-refractivity contribution in [1.82, 2.24) is 9.36 Å². The molecule has 6 heteroatoms. The molecule has 3 atom stereocenters. The van der Waals surface area contributed by atoms with Gasteiger partial charge < -0.3 is 4.74 Å². The Kier molecular flexibility index (Phi) is 2.81. The lowest BCUT2D eigenvalue weighted by Crippen LogP contribution is -2.33. The van der Waals surface area contributed by atoms with E-state index in [1.165, 1.54) is 24.4 Å². The third-order valence-electron chi connectivity index (χ3n) is 4.26. The molecular formula is C13H17N3O2S. The molecule has 1 saturated carbocycles. The highest BCUT2D eigenvalue weighted by molar-refractivity contribution is 7.05. The molecule has 102 valence electrons. The topological polar surface area (TPSA) is 64.1 Å². The first-order chi connectivity index (χ1) is 9.28. The molecule has 3 aliphatic rings. The number of rotatable bonds is 3. The zero-order valence-corrected chi connectivity index (χ0v) is 11.5. The van der Waals surface area contributed by atoms with E-state index >= 15 is 0 Å². The van der Waals surface area contributed by atoms with Crippen LogP contribution in [0.1, 0.15) is 49.5 Å². The Hall–Kier alpha value is -1.01. The molecule has 19 heavy (non-hydrogen) atoms. The van der Waals surface area contributed by atoms with Crippen LogP contribution in [0.15, 0.2) is 0 Å². The zero-order chi connectivity index (χ0) is 12.8. The Morgan fingerprint density at radius 3 is 2.63 bits per heavy atom. The van der Waals surface area contributed by atoms with E-state index in [9.17, 15) is 4.79 Å². The molecule has 1 N–H and O–H groups in total. The number of hydrogen-bond donors (Lipinski definition) is 1. The van der Waals surface area contributed by atoms with Crippen LogP contribution in [-0.4, -0.2) is 27.5 Å². The maximum atomic E-state index is 12.2. The first-order valence-electron chi connectivity index (χ1n) is 7.08. The molecule has 1 unspecified atom stereocenters. The largest absolute Gasteiger partial charge is 0.375 e. The minimum Gasteiger partial charge on any atom is -0.375 e. The van der Waals surface area contributed by atoms with Crippen molar-refractivity contribution in [2.45, 2.75) is 56.7 Å². The van der Waals surface area contributed by atoms with E-state index in [1.807, 2.05) is 0 Å². The van der Waals surface area contributed by atoms with Crippen LogP contribution in [0, 0.1) is 5.92 Å².